The van der Waals surface area contributed by atoms with E-state index in [1.165, 1.54) is 15.7 Å². The molecule has 0 amide bonds. The van der Waals surface area contributed by atoms with Crippen molar-refractivity contribution in [1.82, 2.24) is 4.31 Å². The molecule has 0 saturated heterocycles. The predicted octanol–water partition coefficient (Wildman–Crippen LogP) is 1.38. The molecule has 0 bridgehead atoms. The zero-order valence-corrected chi connectivity index (χ0v) is 12.5. The van der Waals surface area contributed by atoms with Crippen LogP contribution in [0.3, 0.4) is 0 Å². The molecule has 0 aliphatic carbocycles. The fraction of sp³-hybridized carbons (Fsp3) is 0.538. The maximum atomic E-state index is 12.5. The highest BCUT2D eigenvalue weighted by atomic mass is 32.2. The van der Waals surface area contributed by atoms with E-state index in [-0.39, 0.29) is 6.61 Å². The van der Waals surface area contributed by atoms with Gasteiger partial charge in [0.1, 0.15) is 0 Å². The van der Waals surface area contributed by atoms with Crippen LogP contribution in [0.5, 0.6) is 0 Å². The Bertz CT molecular complexity index is 502. The summed E-state index contributed by atoms with van der Waals surface area (Å²) in [5, 5.41) is 8.80. The van der Waals surface area contributed by atoms with Crippen LogP contribution in [0.25, 0.3) is 0 Å². The Morgan fingerprint density at radius 2 is 1.89 bits per heavy atom. The van der Waals surface area contributed by atoms with Gasteiger partial charge in [-0.1, -0.05) is 18.2 Å². The summed E-state index contributed by atoms with van der Waals surface area (Å²) in [6.07, 6.45) is 0.432. The van der Waals surface area contributed by atoms with Gasteiger partial charge in [-0.25, -0.2) is 0 Å². The fourth-order valence-corrected chi connectivity index (χ4v) is 3.35. The van der Waals surface area contributed by atoms with E-state index in [1.54, 1.807) is 6.07 Å². The lowest BCUT2D eigenvalue weighted by atomic mass is 10.2. The first-order chi connectivity index (χ1) is 8.95. The highest BCUT2D eigenvalue weighted by Gasteiger charge is 2.26. The standard InChI is InChI=1S/C13H22N2O3S/c1-4-15(13-9-6-5-8-12(13)2)19(17,18)14(3)10-7-11-16/h5-6,8-9,16H,4,7,10-11H2,1-3H3. The van der Waals surface area contributed by atoms with Crippen molar-refractivity contribution in [2.75, 3.05) is 31.0 Å². The third-order valence-electron chi connectivity index (χ3n) is 2.97. The van der Waals surface area contributed by atoms with Gasteiger partial charge in [-0.05, 0) is 31.9 Å². The molecule has 0 aromatic heterocycles. The van der Waals surface area contributed by atoms with Gasteiger partial charge in [-0.3, -0.25) is 4.31 Å². The van der Waals surface area contributed by atoms with E-state index < -0.39 is 10.2 Å². The van der Waals surface area contributed by atoms with E-state index in [9.17, 15) is 8.42 Å². The molecule has 1 aromatic rings. The fourth-order valence-electron chi connectivity index (χ4n) is 1.88. The molecular weight excluding hydrogens is 264 g/mol. The average Bonchev–Trinajstić information content (AvgIpc) is 2.38. The summed E-state index contributed by atoms with van der Waals surface area (Å²) in [7, 11) is -2.01. The molecule has 0 unspecified atom stereocenters. The second kappa shape index (κ2) is 6.88. The zero-order valence-electron chi connectivity index (χ0n) is 11.7. The van der Waals surface area contributed by atoms with Crippen LogP contribution in [-0.2, 0) is 10.2 Å². The highest BCUT2D eigenvalue weighted by molar-refractivity contribution is 7.90. The number of hydrogen-bond donors (Lipinski definition) is 1. The highest BCUT2D eigenvalue weighted by Crippen LogP contribution is 2.23. The van der Waals surface area contributed by atoms with E-state index >= 15 is 0 Å². The molecule has 5 nitrogen and oxygen atoms in total. The first-order valence-corrected chi connectivity index (χ1v) is 7.75. The molecule has 6 heteroatoms. The van der Waals surface area contributed by atoms with Crippen LogP contribution >= 0.6 is 0 Å². The molecule has 1 N–H and O–H groups in total. The Hall–Kier alpha value is -1.11. The molecule has 0 radical (unpaired) electrons. The van der Waals surface area contributed by atoms with Crippen LogP contribution in [0.1, 0.15) is 18.9 Å². The van der Waals surface area contributed by atoms with Gasteiger partial charge in [0, 0.05) is 26.7 Å². The minimum Gasteiger partial charge on any atom is -0.396 e. The Morgan fingerprint density at radius 1 is 1.26 bits per heavy atom. The van der Waals surface area contributed by atoms with E-state index in [4.69, 9.17) is 5.11 Å². The minimum atomic E-state index is -3.54. The van der Waals surface area contributed by atoms with E-state index in [1.807, 2.05) is 32.0 Å². The normalized spacial score (nSPS) is 11.8. The van der Waals surface area contributed by atoms with Gasteiger partial charge in [0.05, 0.1) is 5.69 Å². The van der Waals surface area contributed by atoms with Crippen molar-refractivity contribution in [2.24, 2.45) is 0 Å². The third-order valence-corrected chi connectivity index (χ3v) is 4.96. The number of aliphatic hydroxyl groups is 1. The molecule has 0 spiro atoms. The van der Waals surface area contributed by atoms with Gasteiger partial charge in [-0.2, -0.15) is 12.7 Å². The predicted molar refractivity (Wildman–Crippen MR) is 77.5 cm³/mol. The topological polar surface area (TPSA) is 60.9 Å². The number of para-hydroxylation sites is 1. The first kappa shape index (κ1) is 15.9. The maximum Gasteiger partial charge on any atom is 0.303 e. The molecular formula is C13H22N2O3S. The zero-order chi connectivity index (χ0) is 14.5. The van der Waals surface area contributed by atoms with Crippen molar-refractivity contribution in [3.05, 3.63) is 29.8 Å². The molecule has 19 heavy (non-hydrogen) atoms. The summed E-state index contributed by atoms with van der Waals surface area (Å²) < 4.78 is 27.6. The number of anilines is 1. The van der Waals surface area contributed by atoms with Gasteiger partial charge in [0.25, 0.3) is 0 Å². The molecule has 0 aliphatic rings. The van der Waals surface area contributed by atoms with Crippen molar-refractivity contribution in [3.8, 4) is 0 Å². The minimum absolute atomic E-state index is 0.0175. The van der Waals surface area contributed by atoms with Crippen molar-refractivity contribution in [2.45, 2.75) is 20.3 Å². The lowest BCUT2D eigenvalue weighted by Crippen LogP contribution is -2.42. The van der Waals surface area contributed by atoms with Gasteiger partial charge >= 0.3 is 10.2 Å². The summed E-state index contributed by atoms with van der Waals surface area (Å²) in [4.78, 5) is 0. The number of benzene rings is 1. The molecule has 1 rings (SSSR count). The van der Waals surface area contributed by atoms with Gasteiger partial charge in [0.2, 0.25) is 0 Å². The third kappa shape index (κ3) is 3.68. The molecule has 108 valence electrons. The number of aliphatic hydroxyl groups excluding tert-OH is 1. The smallest absolute Gasteiger partial charge is 0.303 e. The summed E-state index contributed by atoms with van der Waals surface area (Å²) in [5.74, 6) is 0. The summed E-state index contributed by atoms with van der Waals surface area (Å²) >= 11 is 0. The summed E-state index contributed by atoms with van der Waals surface area (Å²) in [6.45, 7) is 4.36. The number of nitrogens with zero attached hydrogens (tertiary/aromatic N) is 2. The first-order valence-electron chi connectivity index (χ1n) is 6.35. The van der Waals surface area contributed by atoms with Crippen molar-refractivity contribution >= 4 is 15.9 Å². The molecule has 1 aromatic carbocycles. The Balaban J connectivity index is 3.06. The van der Waals surface area contributed by atoms with Crippen LogP contribution in [0.2, 0.25) is 0 Å². The number of rotatable bonds is 7. The van der Waals surface area contributed by atoms with Crippen molar-refractivity contribution in [3.63, 3.8) is 0 Å². The molecule has 0 saturated carbocycles. The van der Waals surface area contributed by atoms with Crippen LogP contribution in [-0.4, -0.2) is 44.6 Å². The van der Waals surface area contributed by atoms with Gasteiger partial charge in [-0.15, -0.1) is 0 Å². The monoisotopic (exact) mass is 286 g/mol. The van der Waals surface area contributed by atoms with E-state index in [2.05, 4.69) is 0 Å². The maximum absolute atomic E-state index is 12.5. The van der Waals surface area contributed by atoms with Crippen LogP contribution in [0.15, 0.2) is 24.3 Å². The molecule has 0 fully saturated rings. The lowest BCUT2D eigenvalue weighted by molar-refractivity contribution is 0.275. The second-order valence-corrected chi connectivity index (χ2v) is 6.32. The quantitative estimate of drug-likeness (QED) is 0.824. The number of aryl methyl sites for hydroxylation is 1. The Morgan fingerprint density at radius 3 is 2.42 bits per heavy atom. The average molecular weight is 286 g/mol. The molecule has 0 atom stereocenters. The van der Waals surface area contributed by atoms with Crippen LogP contribution in [0, 0.1) is 6.92 Å². The number of hydrogen-bond acceptors (Lipinski definition) is 3. The largest absolute Gasteiger partial charge is 0.396 e. The van der Waals surface area contributed by atoms with E-state index in [0.717, 1.165) is 5.56 Å². The summed E-state index contributed by atoms with van der Waals surface area (Å²) in [6, 6.07) is 7.40. The lowest BCUT2D eigenvalue weighted by Gasteiger charge is -2.29. The van der Waals surface area contributed by atoms with Crippen LogP contribution < -0.4 is 4.31 Å². The Labute approximate surface area is 115 Å². The van der Waals surface area contributed by atoms with Crippen LogP contribution in [0.4, 0.5) is 5.69 Å². The Kier molecular flexibility index (Phi) is 5.78. The van der Waals surface area contributed by atoms with Crippen molar-refractivity contribution in [1.29, 1.82) is 0 Å². The SMILES string of the molecule is CCN(c1ccccc1C)S(=O)(=O)N(C)CCCO. The molecule has 0 aliphatic heterocycles. The second-order valence-electron chi connectivity index (χ2n) is 4.36. The van der Waals surface area contributed by atoms with Gasteiger partial charge in [0.15, 0.2) is 0 Å². The summed E-state index contributed by atoms with van der Waals surface area (Å²) in [5.41, 5.74) is 1.62. The van der Waals surface area contributed by atoms with E-state index in [0.29, 0.717) is 25.2 Å². The van der Waals surface area contributed by atoms with Crippen molar-refractivity contribution < 1.29 is 13.5 Å². The molecule has 0 heterocycles. The van der Waals surface area contributed by atoms with Gasteiger partial charge < -0.3 is 5.11 Å².